The zero-order valence-corrected chi connectivity index (χ0v) is 29.9. The lowest BCUT2D eigenvalue weighted by atomic mass is 10.0. The van der Waals surface area contributed by atoms with Gasteiger partial charge in [0.25, 0.3) is 0 Å². The van der Waals surface area contributed by atoms with E-state index in [0.29, 0.717) is 31.4 Å². The Morgan fingerprint density at radius 1 is 1.04 bits per heavy atom. The first-order valence-corrected chi connectivity index (χ1v) is 19.1. The van der Waals surface area contributed by atoms with Gasteiger partial charge < -0.3 is 18.5 Å². The Bertz CT molecular complexity index is 1630. The standard InChI is InChI=1S/C33H46N6O4SSi/c1-23(18-36-44(40)32(2,3)4)27-12-11-13-28(38-27)24-16-29-26(30(17-24)42-15-14-41-8)20-35-39(29)31-21-34-19-25(37-31)22-43-45(9,10)33(5,6)7/h11-13,16-21,23H,14-15,22H2,1-10H3. The molecule has 0 bridgehead atoms. The van der Waals surface area contributed by atoms with Gasteiger partial charge in [-0.1, -0.05) is 38.2 Å². The van der Waals surface area contributed by atoms with E-state index in [4.69, 9.17) is 23.9 Å². The number of ether oxygens (including phenoxy) is 2. The van der Waals surface area contributed by atoms with Crippen LogP contribution in [0.4, 0.5) is 0 Å². The monoisotopic (exact) mass is 650 g/mol. The van der Waals surface area contributed by atoms with Crippen molar-refractivity contribution in [2.24, 2.45) is 4.40 Å². The van der Waals surface area contributed by atoms with E-state index in [2.05, 4.69) is 48.3 Å². The number of hydrogen-bond donors (Lipinski definition) is 0. The summed E-state index contributed by atoms with van der Waals surface area (Å²) in [7, 11) is -0.320. The molecule has 12 heteroatoms. The molecular weight excluding hydrogens is 605 g/mol. The highest BCUT2D eigenvalue weighted by atomic mass is 32.2. The highest BCUT2D eigenvalue weighted by Crippen LogP contribution is 2.37. The summed E-state index contributed by atoms with van der Waals surface area (Å²) in [5, 5.41) is 5.61. The fourth-order valence-corrected chi connectivity index (χ4v) is 5.61. The molecule has 242 valence electrons. The van der Waals surface area contributed by atoms with Gasteiger partial charge in [0.15, 0.2) is 14.1 Å². The molecule has 0 aliphatic carbocycles. The van der Waals surface area contributed by atoms with Crippen molar-refractivity contribution in [1.82, 2.24) is 24.7 Å². The lowest BCUT2D eigenvalue weighted by Gasteiger charge is -2.36. The van der Waals surface area contributed by atoms with Gasteiger partial charge in [-0.05, 0) is 63.2 Å². The first-order chi connectivity index (χ1) is 21.1. The Morgan fingerprint density at radius 2 is 1.80 bits per heavy atom. The first-order valence-electron chi connectivity index (χ1n) is 15.1. The van der Waals surface area contributed by atoms with Crippen LogP contribution >= 0.6 is 0 Å². The minimum absolute atomic E-state index is 0.0903. The third kappa shape index (κ3) is 8.56. The van der Waals surface area contributed by atoms with E-state index in [-0.39, 0.29) is 11.0 Å². The molecule has 3 aromatic heterocycles. The van der Waals surface area contributed by atoms with Crippen molar-refractivity contribution in [3.05, 3.63) is 60.3 Å². The summed E-state index contributed by atoms with van der Waals surface area (Å²) in [6.45, 7) is 20.0. The molecule has 0 saturated carbocycles. The zero-order chi connectivity index (χ0) is 33.0. The third-order valence-corrected chi connectivity index (χ3v) is 13.7. The second kappa shape index (κ2) is 14.1. The van der Waals surface area contributed by atoms with Crippen LogP contribution in [-0.4, -0.2) is 68.9 Å². The molecule has 0 aliphatic rings. The van der Waals surface area contributed by atoms with E-state index in [0.717, 1.165) is 33.5 Å². The number of rotatable bonds is 12. The fraction of sp³-hybridized carbons (Fsp3) is 0.485. The highest BCUT2D eigenvalue weighted by Gasteiger charge is 2.37. The quantitative estimate of drug-likeness (QED) is 0.0692. The average Bonchev–Trinajstić information content (AvgIpc) is 3.42. The van der Waals surface area contributed by atoms with Crippen molar-refractivity contribution in [2.75, 3.05) is 20.3 Å². The maximum absolute atomic E-state index is 12.5. The van der Waals surface area contributed by atoms with Crippen LogP contribution in [-0.2, 0) is 27.1 Å². The molecule has 0 aliphatic heterocycles. The molecule has 0 N–H and O–H groups in total. The van der Waals surface area contributed by atoms with Crippen molar-refractivity contribution < 1.29 is 18.5 Å². The minimum atomic E-state index is -1.96. The Kier molecular flexibility index (Phi) is 10.9. The van der Waals surface area contributed by atoms with E-state index < -0.39 is 24.4 Å². The molecule has 10 nitrogen and oxygen atoms in total. The van der Waals surface area contributed by atoms with E-state index in [9.17, 15) is 4.55 Å². The number of hydrogen-bond acceptors (Lipinski definition) is 9. The maximum Gasteiger partial charge on any atom is 0.192 e. The van der Waals surface area contributed by atoms with Gasteiger partial charge in [0.1, 0.15) is 28.5 Å². The van der Waals surface area contributed by atoms with Gasteiger partial charge in [0, 0.05) is 24.3 Å². The Hall–Kier alpha value is -3.16. The normalized spacial score (nSPS) is 14.3. The Morgan fingerprint density at radius 3 is 2.49 bits per heavy atom. The number of pyridine rings is 1. The Balaban J connectivity index is 1.72. The van der Waals surface area contributed by atoms with E-state index in [1.807, 2.05) is 58.0 Å². The summed E-state index contributed by atoms with van der Waals surface area (Å²) in [5.74, 6) is 1.12. The van der Waals surface area contributed by atoms with Crippen LogP contribution in [0.25, 0.3) is 28.0 Å². The molecule has 0 spiro atoms. The average molecular weight is 651 g/mol. The summed E-state index contributed by atoms with van der Waals surface area (Å²) in [6.07, 6.45) is 6.93. The van der Waals surface area contributed by atoms with Gasteiger partial charge >= 0.3 is 0 Å². The number of methoxy groups -OCH3 is 1. The van der Waals surface area contributed by atoms with Crippen LogP contribution in [0, 0.1) is 0 Å². The number of benzene rings is 1. The van der Waals surface area contributed by atoms with Crippen LogP contribution in [0.15, 0.2) is 53.3 Å². The van der Waals surface area contributed by atoms with Crippen LogP contribution in [0.2, 0.25) is 18.1 Å². The van der Waals surface area contributed by atoms with Crippen molar-refractivity contribution in [3.8, 4) is 22.8 Å². The summed E-state index contributed by atoms with van der Waals surface area (Å²) in [4.78, 5) is 14.3. The summed E-state index contributed by atoms with van der Waals surface area (Å²) in [5.41, 5.74) is 3.98. The summed E-state index contributed by atoms with van der Waals surface area (Å²) >= 11 is -1.34. The first kappa shape index (κ1) is 34.7. The van der Waals surface area contributed by atoms with Gasteiger partial charge in [-0.15, -0.1) is 0 Å². The molecule has 0 radical (unpaired) electrons. The Labute approximate surface area is 271 Å². The molecule has 4 rings (SSSR count). The van der Waals surface area contributed by atoms with Crippen LogP contribution < -0.4 is 4.74 Å². The van der Waals surface area contributed by atoms with Crippen LogP contribution in [0.1, 0.15) is 65.8 Å². The van der Waals surface area contributed by atoms with Gasteiger partial charge in [0.2, 0.25) is 0 Å². The SMILES string of the molecule is COCCOc1cc(-c2cccc(C(C)C=N[S+]([O-])C(C)(C)C)n2)cc2c1cnn2-c1cncc(CO[Si](C)(C)C(C)(C)C)n1. The molecule has 0 amide bonds. The maximum atomic E-state index is 12.5. The zero-order valence-electron chi connectivity index (χ0n) is 28.1. The van der Waals surface area contributed by atoms with Crippen LogP contribution in [0.5, 0.6) is 5.75 Å². The van der Waals surface area contributed by atoms with Crippen molar-refractivity contribution in [3.63, 3.8) is 0 Å². The molecular formula is C33H46N6O4SSi. The van der Waals surface area contributed by atoms with Crippen molar-refractivity contribution in [1.29, 1.82) is 0 Å². The lowest BCUT2D eigenvalue weighted by molar-refractivity contribution is 0.147. The van der Waals surface area contributed by atoms with Gasteiger partial charge in [-0.25, -0.2) is 9.67 Å². The molecule has 0 saturated heterocycles. The summed E-state index contributed by atoms with van der Waals surface area (Å²) in [6, 6.07) is 9.88. The predicted octanol–water partition coefficient (Wildman–Crippen LogP) is 7.06. The molecule has 1 aromatic carbocycles. The molecule has 2 atom stereocenters. The van der Waals surface area contributed by atoms with Crippen molar-refractivity contribution in [2.45, 2.75) is 83.9 Å². The number of aromatic nitrogens is 5. The topological polar surface area (TPSA) is 120 Å². The molecule has 45 heavy (non-hydrogen) atoms. The molecule has 0 fully saturated rings. The summed E-state index contributed by atoms with van der Waals surface area (Å²) < 4.78 is 35.9. The molecule has 2 unspecified atom stereocenters. The van der Waals surface area contributed by atoms with E-state index in [1.165, 1.54) is 0 Å². The van der Waals surface area contributed by atoms with E-state index in [1.54, 1.807) is 36.6 Å². The molecule has 3 heterocycles. The minimum Gasteiger partial charge on any atom is -0.591 e. The van der Waals surface area contributed by atoms with Crippen molar-refractivity contribution >= 4 is 36.8 Å². The largest absolute Gasteiger partial charge is 0.591 e. The fourth-order valence-electron chi connectivity index (χ4n) is 4.06. The van der Waals surface area contributed by atoms with Crippen LogP contribution in [0.3, 0.4) is 0 Å². The number of fused-ring (bicyclic) bond motifs is 1. The highest BCUT2D eigenvalue weighted by molar-refractivity contribution is 7.91. The van der Waals surface area contributed by atoms with Gasteiger partial charge in [-0.2, -0.15) is 5.10 Å². The van der Waals surface area contributed by atoms with Gasteiger partial charge in [0.05, 0.1) is 60.3 Å². The predicted molar refractivity (Wildman–Crippen MR) is 184 cm³/mol. The smallest absolute Gasteiger partial charge is 0.192 e. The van der Waals surface area contributed by atoms with E-state index >= 15 is 0 Å². The second-order valence-corrected chi connectivity index (χ2v) is 20.3. The van der Waals surface area contributed by atoms with Gasteiger partial charge in [-0.3, -0.25) is 9.97 Å². The second-order valence-electron chi connectivity index (χ2n) is 13.6. The number of nitrogens with zero attached hydrogens (tertiary/aromatic N) is 6. The third-order valence-electron chi connectivity index (χ3n) is 7.91. The molecule has 4 aromatic rings. The lowest BCUT2D eigenvalue weighted by Crippen LogP contribution is -2.40.